The summed E-state index contributed by atoms with van der Waals surface area (Å²) in [4.78, 5) is 18.3. The maximum absolute atomic E-state index is 6.20. The average Bonchev–Trinajstić information content (AvgIpc) is 3.32. The number of hydrogen-bond donors (Lipinski definition) is 3. The second-order valence-corrected chi connectivity index (χ2v) is 9.32. The topological polar surface area (TPSA) is 95.2 Å². The molecule has 0 bridgehead atoms. The molecular formula is C23H28BrCl2N7. The van der Waals surface area contributed by atoms with Crippen LogP contribution < -0.4 is 16.0 Å². The second-order valence-electron chi connectivity index (χ2n) is 7.59. The van der Waals surface area contributed by atoms with Crippen molar-refractivity contribution in [3.63, 3.8) is 0 Å². The van der Waals surface area contributed by atoms with E-state index in [0.29, 0.717) is 29.1 Å². The molecule has 2 aromatic heterocycles. The number of benzene rings is 1. The van der Waals surface area contributed by atoms with Gasteiger partial charge in [0.1, 0.15) is 5.82 Å². The molecule has 1 aromatic carbocycles. The van der Waals surface area contributed by atoms with E-state index >= 15 is 0 Å². The number of aryl methyl sites for hydroxylation is 1. The van der Waals surface area contributed by atoms with Gasteiger partial charge in [-0.2, -0.15) is 0 Å². The summed E-state index contributed by atoms with van der Waals surface area (Å²) >= 11 is 15.7. The number of aromatic nitrogens is 3. The van der Waals surface area contributed by atoms with Crippen molar-refractivity contribution in [2.24, 2.45) is 10.7 Å². The third-order valence-electron chi connectivity index (χ3n) is 5.00. The van der Waals surface area contributed by atoms with E-state index in [4.69, 9.17) is 28.9 Å². The fourth-order valence-electron chi connectivity index (χ4n) is 3.28. The van der Waals surface area contributed by atoms with Crippen LogP contribution in [0.1, 0.15) is 30.5 Å². The number of nitrogens with zero attached hydrogens (tertiary/aromatic N) is 4. The van der Waals surface area contributed by atoms with Crippen molar-refractivity contribution in [1.29, 1.82) is 0 Å². The fourth-order valence-corrected chi connectivity index (χ4v) is 3.83. The fraction of sp³-hybridized carbons (Fsp3) is 0.348. The number of nitrogens with one attached hydrogen (secondary N) is 2. The summed E-state index contributed by atoms with van der Waals surface area (Å²) < 4.78 is 0.948. The first-order chi connectivity index (χ1) is 16.0. The number of unbranched alkanes of at least 4 members (excludes halogenated alkanes) is 1. The lowest BCUT2D eigenvalue weighted by Crippen LogP contribution is -2.33. The predicted octanol–water partition coefficient (Wildman–Crippen LogP) is 5.20. The summed E-state index contributed by atoms with van der Waals surface area (Å²) in [7, 11) is 0. The molecule has 4 N–H and O–H groups in total. The molecule has 0 spiro atoms. The molecule has 0 fully saturated rings. The molecule has 0 atom stereocenters. The second kappa shape index (κ2) is 13.4. The Morgan fingerprint density at radius 1 is 1.12 bits per heavy atom. The van der Waals surface area contributed by atoms with E-state index < -0.39 is 0 Å². The van der Waals surface area contributed by atoms with Gasteiger partial charge >= 0.3 is 0 Å². The molecule has 0 unspecified atom stereocenters. The number of anilines is 1. The lowest BCUT2D eigenvalue weighted by molar-refractivity contribution is 0.664. The van der Waals surface area contributed by atoms with Gasteiger partial charge in [0.2, 0.25) is 0 Å². The van der Waals surface area contributed by atoms with Gasteiger partial charge in [-0.3, -0.25) is 4.99 Å². The zero-order valence-corrected chi connectivity index (χ0v) is 21.4. The molecule has 0 radical (unpaired) electrons. The highest BCUT2D eigenvalue weighted by Gasteiger charge is 2.10. The van der Waals surface area contributed by atoms with Crippen LogP contribution in [-0.4, -0.2) is 40.5 Å². The number of H-pyrrole nitrogens is 1. The number of pyridine rings is 1. The quantitative estimate of drug-likeness (QED) is 0.163. The van der Waals surface area contributed by atoms with Gasteiger partial charge in [-0.1, -0.05) is 29.3 Å². The normalized spacial score (nSPS) is 11.5. The van der Waals surface area contributed by atoms with Gasteiger partial charge in [-0.25, -0.2) is 9.97 Å². The lowest BCUT2D eigenvalue weighted by Gasteiger charge is -2.24. The SMILES string of the molecule is NC(=NCCCc1cnc[nH]1)NCCCCN(Cc1ccc(Cl)c(Cl)c1)c1ccc(Br)cn1. The highest BCUT2D eigenvalue weighted by molar-refractivity contribution is 9.10. The molecule has 2 heterocycles. The molecular weight excluding hydrogens is 525 g/mol. The van der Waals surface area contributed by atoms with Gasteiger partial charge in [0.05, 0.1) is 16.4 Å². The van der Waals surface area contributed by atoms with Gasteiger partial charge in [0, 0.05) is 48.7 Å². The monoisotopic (exact) mass is 551 g/mol. The Morgan fingerprint density at radius 3 is 2.73 bits per heavy atom. The standard InChI is InChI=1S/C23H28BrCl2N7/c24-18-6-8-22(31-13-18)33(15-17-5-7-20(25)21(26)12-17)11-2-1-9-29-23(27)30-10-3-4-19-14-28-16-32-19/h5-8,12-14,16H,1-4,9-11,15H2,(H,28,32)(H3,27,29,30). The van der Waals surface area contributed by atoms with Crippen molar-refractivity contribution in [2.45, 2.75) is 32.2 Å². The van der Waals surface area contributed by atoms with Gasteiger partial charge in [-0.15, -0.1) is 0 Å². The number of halogens is 3. The van der Waals surface area contributed by atoms with E-state index in [-0.39, 0.29) is 0 Å². The highest BCUT2D eigenvalue weighted by Crippen LogP contribution is 2.25. The Kier molecular flexibility index (Phi) is 10.3. The molecule has 0 saturated heterocycles. The van der Waals surface area contributed by atoms with E-state index in [0.717, 1.165) is 60.3 Å². The van der Waals surface area contributed by atoms with Crippen LogP contribution in [0.4, 0.5) is 5.82 Å². The van der Waals surface area contributed by atoms with Crippen molar-refractivity contribution < 1.29 is 0 Å². The highest BCUT2D eigenvalue weighted by atomic mass is 79.9. The maximum atomic E-state index is 6.20. The molecule has 176 valence electrons. The van der Waals surface area contributed by atoms with Crippen LogP contribution in [0.2, 0.25) is 10.0 Å². The van der Waals surface area contributed by atoms with Crippen molar-refractivity contribution in [3.05, 3.63) is 74.8 Å². The third-order valence-corrected chi connectivity index (χ3v) is 6.20. The van der Waals surface area contributed by atoms with Crippen LogP contribution in [-0.2, 0) is 13.0 Å². The number of rotatable bonds is 12. The number of aliphatic imine (C=N–C) groups is 1. The minimum Gasteiger partial charge on any atom is -0.370 e. The van der Waals surface area contributed by atoms with Gasteiger partial charge < -0.3 is 20.9 Å². The first-order valence-electron chi connectivity index (χ1n) is 10.8. The lowest BCUT2D eigenvalue weighted by atomic mass is 10.2. The van der Waals surface area contributed by atoms with Crippen LogP contribution in [0.15, 0.2) is 58.5 Å². The Hall–Kier alpha value is -2.29. The van der Waals surface area contributed by atoms with Gasteiger partial charge in [0.25, 0.3) is 0 Å². The summed E-state index contributed by atoms with van der Waals surface area (Å²) in [6.07, 6.45) is 9.09. The van der Waals surface area contributed by atoms with Crippen LogP contribution in [0.25, 0.3) is 0 Å². The number of aromatic amines is 1. The molecule has 0 amide bonds. The Labute approximate surface area is 212 Å². The number of guanidine groups is 1. The summed E-state index contributed by atoms with van der Waals surface area (Å²) in [5.74, 6) is 1.40. The van der Waals surface area contributed by atoms with Crippen LogP contribution >= 0.6 is 39.1 Å². The molecule has 33 heavy (non-hydrogen) atoms. The minimum absolute atomic E-state index is 0.488. The molecule has 0 saturated carbocycles. The van der Waals surface area contributed by atoms with E-state index in [1.165, 1.54) is 0 Å². The zero-order valence-electron chi connectivity index (χ0n) is 18.3. The van der Waals surface area contributed by atoms with Crippen molar-refractivity contribution in [3.8, 4) is 0 Å². The van der Waals surface area contributed by atoms with E-state index in [1.54, 1.807) is 6.33 Å². The zero-order chi connectivity index (χ0) is 23.5. The Balaban J connectivity index is 1.44. The molecule has 0 aliphatic heterocycles. The first kappa shape index (κ1) is 25.3. The van der Waals surface area contributed by atoms with Crippen molar-refractivity contribution >= 4 is 50.9 Å². The molecule has 0 aliphatic rings. The number of hydrogen-bond acceptors (Lipinski definition) is 4. The number of imidazole rings is 1. The Morgan fingerprint density at radius 2 is 2.00 bits per heavy atom. The molecule has 10 heteroatoms. The smallest absolute Gasteiger partial charge is 0.188 e. The minimum atomic E-state index is 0.488. The first-order valence-corrected chi connectivity index (χ1v) is 12.4. The molecule has 3 aromatic rings. The largest absolute Gasteiger partial charge is 0.370 e. The van der Waals surface area contributed by atoms with Gasteiger partial charge in [-0.05, 0) is 71.4 Å². The summed E-state index contributed by atoms with van der Waals surface area (Å²) in [6, 6.07) is 9.72. The summed E-state index contributed by atoms with van der Waals surface area (Å²) in [6.45, 7) is 2.99. The van der Waals surface area contributed by atoms with Crippen LogP contribution in [0.3, 0.4) is 0 Å². The predicted molar refractivity (Wildman–Crippen MR) is 140 cm³/mol. The van der Waals surface area contributed by atoms with E-state index in [2.05, 4.69) is 46.1 Å². The molecule has 3 rings (SSSR count). The molecule has 7 nitrogen and oxygen atoms in total. The third kappa shape index (κ3) is 8.87. The van der Waals surface area contributed by atoms with Crippen LogP contribution in [0, 0.1) is 0 Å². The summed E-state index contributed by atoms with van der Waals surface area (Å²) in [5.41, 5.74) is 8.18. The van der Waals surface area contributed by atoms with Crippen molar-refractivity contribution in [1.82, 2.24) is 20.3 Å². The summed E-state index contributed by atoms with van der Waals surface area (Å²) in [5, 5.41) is 4.31. The van der Waals surface area contributed by atoms with E-state index in [1.807, 2.05) is 42.7 Å². The number of nitrogens with two attached hydrogens (primary N) is 1. The maximum Gasteiger partial charge on any atom is 0.188 e. The van der Waals surface area contributed by atoms with Crippen LogP contribution in [0.5, 0.6) is 0 Å². The van der Waals surface area contributed by atoms with Crippen molar-refractivity contribution in [2.75, 3.05) is 24.5 Å². The molecule has 0 aliphatic carbocycles. The van der Waals surface area contributed by atoms with Gasteiger partial charge in [0.15, 0.2) is 5.96 Å². The van der Waals surface area contributed by atoms with E-state index in [9.17, 15) is 0 Å². The average molecular weight is 553 g/mol. The Bertz CT molecular complexity index is 1010.